The number of nitrogens with one attached hydrogen (secondary N) is 1. The molecule has 1 saturated heterocycles. The number of carbonyl (C=O) groups is 1. The van der Waals surface area contributed by atoms with Crippen molar-refractivity contribution in [3.8, 4) is 10.6 Å². The molecule has 1 atom stereocenters. The van der Waals surface area contributed by atoms with Crippen LogP contribution in [-0.4, -0.2) is 36.2 Å². The number of anilines is 1. The van der Waals surface area contributed by atoms with Gasteiger partial charge in [-0.15, -0.1) is 22.7 Å². The van der Waals surface area contributed by atoms with Crippen molar-refractivity contribution < 1.29 is 17.6 Å². The van der Waals surface area contributed by atoms with Gasteiger partial charge >= 0.3 is 0 Å². The van der Waals surface area contributed by atoms with E-state index in [-0.39, 0.29) is 17.3 Å². The first-order valence-electron chi connectivity index (χ1n) is 9.95. The molecule has 2 aromatic carbocycles. The van der Waals surface area contributed by atoms with Gasteiger partial charge in [-0.3, -0.25) is 4.79 Å². The van der Waals surface area contributed by atoms with Crippen molar-refractivity contribution in [1.82, 2.24) is 9.29 Å². The molecule has 5 rings (SSSR count). The monoisotopic (exact) mass is 487 g/mol. The molecular formula is C22H18FN3O3S3. The quantitative estimate of drug-likeness (QED) is 0.432. The molecule has 3 heterocycles. The lowest BCUT2D eigenvalue weighted by Crippen LogP contribution is -2.43. The number of benzene rings is 2. The van der Waals surface area contributed by atoms with Crippen LogP contribution in [0.4, 0.5) is 9.39 Å². The third-order valence-electron chi connectivity index (χ3n) is 5.35. The Kier molecular flexibility index (Phi) is 5.54. The molecule has 0 radical (unpaired) electrons. The number of hydrogen-bond donors (Lipinski definition) is 1. The summed E-state index contributed by atoms with van der Waals surface area (Å²) in [6.07, 6.45) is 1.00. The van der Waals surface area contributed by atoms with E-state index in [2.05, 4.69) is 10.3 Å². The van der Waals surface area contributed by atoms with Crippen LogP contribution in [-0.2, 0) is 14.8 Å². The van der Waals surface area contributed by atoms with Crippen LogP contribution in [0.2, 0.25) is 0 Å². The Morgan fingerprint density at radius 3 is 2.69 bits per heavy atom. The van der Waals surface area contributed by atoms with Crippen molar-refractivity contribution in [1.29, 1.82) is 0 Å². The SMILES string of the molecule is O=C(Nc1sccc1-c1nc2ccccc2s1)C1CCCN1S(=O)(=O)c1ccc(F)cc1. The molecule has 0 aliphatic carbocycles. The van der Waals surface area contributed by atoms with Crippen molar-refractivity contribution in [2.24, 2.45) is 0 Å². The molecule has 32 heavy (non-hydrogen) atoms. The molecule has 1 unspecified atom stereocenters. The molecule has 2 aromatic heterocycles. The highest BCUT2D eigenvalue weighted by Crippen LogP contribution is 2.38. The van der Waals surface area contributed by atoms with Gasteiger partial charge in [0.05, 0.1) is 15.1 Å². The number of hydrogen-bond acceptors (Lipinski definition) is 6. The fourth-order valence-electron chi connectivity index (χ4n) is 3.79. The Labute approximate surface area is 192 Å². The Balaban J connectivity index is 1.39. The van der Waals surface area contributed by atoms with Crippen LogP contribution in [0.1, 0.15) is 12.8 Å². The highest BCUT2D eigenvalue weighted by atomic mass is 32.2. The van der Waals surface area contributed by atoms with Gasteiger partial charge in [-0.1, -0.05) is 12.1 Å². The first-order valence-corrected chi connectivity index (χ1v) is 13.1. The maximum absolute atomic E-state index is 13.2. The van der Waals surface area contributed by atoms with Gasteiger partial charge in [0.2, 0.25) is 15.9 Å². The van der Waals surface area contributed by atoms with E-state index >= 15 is 0 Å². The van der Waals surface area contributed by atoms with Crippen LogP contribution in [0.25, 0.3) is 20.8 Å². The highest BCUT2D eigenvalue weighted by Gasteiger charge is 2.39. The van der Waals surface area contributed by atoms with Gasteiger partial charge in [0, 0.05) is 12.1 Å². The zero-order valence-electron chi connectivity index (χ0n) is 16.7. The number of para-hydroxylation sites is 1. The fraction of sp³-hybridized carbons (Fsp3) is 0.182. The number of sulfonamides is 1. The molecule has 1 amide bonds. The predicted molar refractivity (Wildman–Crippen MR) is 125 cm³/mol. The van der Waals surface area contributed by atoms with Gasteiger partial charge in [0.1, 0.15) is 21.9 Å². The van der Waals surface area contributed by atoms with Crippen LogP contribution in [0.15, 0.2) is 64.9 Å². The first-order chi connectivity index (χ1) is 15.4. The normalized spacial score (nSPS) is 17.1. The molecule has 1 N–H and O–H groups in total. The van der Waals surface area contributed by atoms with Crippen molar-refractivity contribution in [2.45, 2.75) is 23.8 Å². The lowest BCUT2D eigenvalue weighted by molar-refractivity contribution is -0.119. The standard InChI is InChI=1S/C22H18FN3O3S3/c23-14-7-9-15(10-8-14)32(28,29)26-12-3-5-18(26)20(27)25-21-16(11-13-30-21)22-24-17-4-1-2-6-19(17)31-22/h1-2,4,6-11,13,18H,3,5,12H2,(H,25,27). The average Bonchev–Trinajstić information content (AvgIpc) is 3.52. The van der Waals surface area contributed by atoms with E-state index in [9.17, 15) is 17.6 Å². The van der Waals surface area contributed by atoms with E-state index in [1.807, 2.05) is 35.7 Å². The zero-order chi connectivity index (χ0) is 22.3. The summed E-state index contributed by atoms with van der Waals surface area (Å²) in [5, 5.41) is 6.23. The van der Waals surface area contributed by atoms with Crippen LogP contribution in [0, 0.1) is 5.82 Å². The minimum atomic E-state index is -3.91. The van der Waals surface area contributed by atoms with Crippen LogP contribution >= 0.6 is 22.7 Å². The number of amides is 1. The summed E-state index contributed by atoms with van der Waals surface area (Å²) < 4.78 is 41.6. The Morgan fingerprint density at radius 2 is 1.91 bits per heavy atom. The summed E-state index contributed by atoms with van der Waals surface area (Å²) in [7, 11) is -3.91. The van der Waals surface area contributed by atoms with Gasteiger partial charge < -0.3 is 5.32 Å². The summed E-state index contributed by atoms with van der Waals surface area (Å²) in [6.45, 7) is 0.243. The zero-order valence-corrected chi connectivity index (χ0v) is 19.1. The lowest BCUT2D eigenvalue weighted by Gasteiger charge is -2.23. The third kappa shape index (κ3) is 3.83. The van der Waals surface area contributed by atoms with Gasteiger partial charge in [-0.2, -0.15) is 4.31 Å². The molecule has 1 aliphatic rings. The maximum atomic E-state index is 13.2. The molecular weight excluding hydrogens is 469 g/mol. The number of nitrogens with zero attached hydrogens (tertiary/aromatic N) is 2. The summed E-state index contributed by atoms with van der Waals surface area (Å²) in [5.41, 5.74) is 1.71. The van der Waals surface area contributed by atoms with E-state index in [1.165, 1.54) is 39.1 Å². The molecule has 164 valence electrons. The molecule has 6 nitrogen and oxygen atoms in total. The van der Waals surface area contributed by atoms with E-state index in [0.29, 0.717) is 17.8 Å². The largest absolute Gasteiger partial charge is 0.316 e. The number of thiazole rings is 1. The molecule has 1 fully saturated rings. The summed E-state index contributed by atoms with van der Waals surface area (Å²) in [4.78, 5) is 17.8. The second kappa shape index (κ2) is 8.36. The first kappa shape index (κ1) is 21.2. The minimum Gasteiger partial charge on any atom is -0.316 e. The van der Waals surface area contributed by atoms with E-state index < -0.39 is 21.9 Å². The minimum absolute atomic E-state index is 0.0233. The van der Waals surface area contributed by atoms with Crippen LogP contribution in [0.5, 0.6) is 0 Å². The number of aromatic nitrogens is 1. The molecule has 4 aromatic rings. The second-order valence-corrected chi connectivity index (χ2v) is 11.2. The van der Waals surface area contributed by atoms with E-state index in [1.54, 1.807) is 0 Å². The van der Waals surface area contributed by atoms with E-state index in [4.69, 9.17) is 0 Å². The van der Waals surface area contributed by atoms with Crippen molar-refractivity contribution in [3.63, 3.8) is 0 Å². The maximum Gasteiger partial charge on any atom is 0.243 e. The van der Waals surface area contributed by atoms with Gasteiger partial charge in [-0.25, -0.2) is 17.8 Å². The number of rotatable bonds is 5. The Morgan fingerprint density at radius 1 is 1.12 bits per heavy atom. The fourth-order valence-corrected chi connectivity index (χ4v) is 7.30. The van der Waals surface area contributed by atoms with E-state index in [0.717, 1.165) is 32.9 Å². The van der Waals surface area contributed by atoms with Crippen molar-refractivity contribution >= 4 is 53.8 Å². The summed E-state index contributed by atoms with van der Waals surface area (Å²) >= 11 is 2.91. The van der Waals surface area contributed by atoms with Gasteiger partial charge in [-0.05, 0) is 60.7 Å². The second-order valence-electron chi connectivity index (χ2n) is 7.37. The summed E-state index contributed by atoms with van der Waals surface area (Å²) in [5.74, 6) is -0.891. The molecule has 1 aliphatic heterocycles. The van der Waals surface area contributed by atoms with Gasteiger partial charge in [0.15, 0.2) is 0 Å². The highest BCUT2D eigenvalue weighted by molar-refractivity contribution is 7.89. The van der Waals surface area contributed by atoms with Gasteiger partial charge in [0.25, 0.3) is 0 Å². The van der Waals surface area contributed by atoms with Crippen LogP contribution in [0.3, 0.4) is 0 Å². The third-order valence-corrected chi connectivity index (χ3v) is 9.17. The summed E-state index contributed by atoms with van der Waals surface area (Å²) in [6, 6.07) is 13.6. The van der Waals surface area contributed by atoms with Crippen molar-refractivity contribution in [3.05, 3.63) is 65.8 Å². The number of halogens is 1. The lowest BCUT2D eigenvalue weighted by atomic mass is 10.2. The number of fused-ring (bicyclic) bond motifs is 1. The molecule has 0 spiro atoms. The predicted octanol–water partition coefficient (Wildman–Crippen LogP) is 4.96. The smallest absolute Gasteiger partial charge is 0.243 e. The topological polar surface area (TPSA) is 79.4 Å². The Bertz CT molecular complexity index is 1360. The molecule has 0 bridgehead atoms. The molecule has 10 heteroatoms. The Hall–Kier alpha value is -2.66. The average molecular weight is 488 g/mol. The van der Waals surface area contributed by atoms with Crippen LogP contribution < -0.4 is 5.32 Å². The number of thiophene rings is 1. The molecule has 0 saturated carbocycles. The van der Waals surface area contributed by atoms with Crippen molar-refractivity contribution in [2.75, 3.05) is 11.9 Å². The number of carbonyl (C=O) groups excluding carboxylic acids is 1.